The Bertz CT molecular complexity index is 728. The molecule has 0 unspecified atom stereocenters. The van der Waals surface area contributed by atoms with Gasteiger partial charge in [0, 0.05) is 27.4 Å². The van der Waals surface area contributed by atoms with Gasteiger partial charge >= 0.3 is 0 Å². The van der Waals surface area contributed by atoms with Gasteiger partial charge in [0.2, 0.25) is 0 Å². The predicted octanol–water partition coefficient (Wildman–Crippen LogP) is 4.11. The summed E-state index contributed by atoms with van der Waals surface area (Å²) in [7, 11) is 0. The van der Waals surface area contributed by atoms with Crippen LogP contribution in [0.1, 0.15) is 15.9 Å². The van der Waals surface area contributed by atoms with Crippen molar-refractivity contribution < 1.29 is 4.79 Å². The van der Waals surface area contributed by atoms with E-state index in [9.17, 15) is 4.79 Å². The fourth-order valence-electron chi connectivity index (χ4n) is 2.20. The average Bonchev–Trinajstić information content (AvgIpc) is 2.84. The zero-order valence-corrected chi connectivity index (χ0v) is 12.4. The number of hydrogen-bond acceptors (Lipinski definition) is 1. The first-order chi connectivity index (χ1) is 9.26. The summed E-state index contributed by atoms with van der Waals surface area (Å²) in [6.07, 6.45) is 2.96. The summed E-state index contributed by atoms with van der Waals surface area (Å²) in [5.41, 5.74) is 3.08. The minimum Gasteiger partial charge on any atom is -0.343 e. The molecule has 0 fully saturated rings. The lowest BCUT2D eigenvalue weighted by Crippen LogP contribution is -1.98. The van der Waals surface area contributed by atoms with Crippen molar-refractivity contribution in [2.24, 2.45) is 0 Å². The fraction of sp³-hybridized carbons (Fsp3) is 0.0625. The van der Waals surface area contributed by atoms with Gasteiger partial charge in [-0.15, -0.1) is 0 Å². The number of halogens is 1. The number of aldehydes is 1. The number of benzene rings is 2. The van der Waals surface area contributed by atoms with Gasteiger partial charge in [0.05, 0.1) is 0 Å². The second-order valence-corrected chi connectivity index (χ2v) is 5.75. The summed E-state index contributed by atoms with van der Waals surface area (Å²) < 4.78 is 3.41. The van der Waals surface area contributed by atoms with Gasteiger partial charge in [0.15, 0.2) is 0 Å². The molecule has 2 aromatic carbocycles. The van der Waals surface area contributed by atoms with Gasteiger partial charge < -0.3 is 4.57 Å². The van der Waals surface area contributed by atoms with Crippen LogP contribution in [0.3, 0.4) is 0 Å². The molecule has 0 radical (unpaired) electrons. The zero-order valence-electron chi connectivity index (χ0n) is 10.2. The fourth-order valence-corrected chi connectivity index (χ4v) is 2.56. The lowest BCUT2D eigenvalue weighted by molar-refractivity contribution is 0.112. The van der Waals surface area contributed by atoms with Crippen LogP contribution in [0.2, 0.25) is 0 Å². The number of carbonyl (C=O) groups is 1. The molecule has 3 rings (SSSR count). The van der Waals surface area contributed by atoms with Gasteiger partial charge in [-0.25, -0.2) is 0 Å². The lowest BCUT2D eigenvalue weighted by Gasteiger charge is -2.06. The third kappa shape index (κ3) is 2.56. The molecule has 0 bridgehead atoms. The van der Waals surface area contributed by atoms with Crippen molar-refractivity contribution in [3.63, 3.8) is 0 Å². The Hall–Kier alpha value is -1.62. The van der Waals surface area contributed by atoms with Crippen LogP contribution in [-0.4, -0.2) is 10.9 Å². The van der Waals surface area contributed by atoms with Crippen LogP contribution in [0.5, 0.6) is 0 Å². The normalized spacial score (nSPS) is 10.8. The van der Waals surface area contributed by atoms with Gasteiger partial charge in [-0.1, -0.05) is 24.3 Å². The monoisotopic (exact) mass is 361 g/mol. The molecule has 0 aliphatic heterocycles. The van der Waals surface area contributed by atoms with Crippen molar-refractivity contribution in [1.82, 2.24) is 4.57 Å². The first kappa shape index (κ1) is 12.4. The highest BCUT2D eigenvalue weighted by molar-refractivity contribution is 14.1. The largest absolute Gasteiger partial charge is 0.343 e. The van der Waals surface area contributed by atoms with E-state index in [4.69, 9.17) is 0 Å². The van der Waals surface area contributed by atoms with Crippen molar-refractivity contribution in [2.75, 3.05) is 0 Å². The molecule has 0 saturated carbocycles. The van der Waals surface area contributed by atoms with Crippen LogP contribution in [0.15, 0.2) is 54.7 Å². The minimum absolute atomic E-state index is 0.718. The Balaban J connectivity index is 2.00. The van der Waals surface area contributed by atoms with E-state index in [1.165, 1.54) is 9.13 Å². The summed E-state index contributed by atoms with van der Waals surface area (Å²) in [6, 6.07) is 16.4. The molecule has 3 aromatic rings. The smallest absolute Gasteiger partial charge is 0.150 e. The Morgan fingerprint density at radius 2 is 1.84 bits per heavy atom. The maximum Gasteiger partial charge on any atom is 0.150 e. The summed E-state index contributed by atoms with van der Waals surface area (Å²) >= 11 is 2.30. The molecule has 0 saturated heterocycles. The number of nitrogens with zero attached hydrogens (tertiary/aromatic N) is 1. The van der Waals surface area contributed by atoms with E-state index in [1.807, 2.05) is 18.2 Å². The van der Waals surface area contributed by atoms with Crippen LogP contribution in [0.4, 0.5) is 0 Å². The first-order valence-electron chi connectivity index (χ1n) is 6.05. The van der Waals surface area contributed by atoms with E-state index in [2.05, 4.69) is 63.7 Å². The molecule has 2 nitrogen and oxygen atoms in total. The summed E-state index contributed by atoms with van der Waals surface area (Å²) in [6.45, 7) is 0.822. The number of hydrogen-bond donors (Lipinski definition) is 0. The highest BCUT2D eigenvalue weighted by Gasteiger charge is 2.03. The second kappa shape index (κ2) is 5.17. The molecule has 0 N–H and O–H groups in total. The molecular formula is C16H12INO. The predicted molar refractivity (Wildman–Crippen MR) is 85.6 cm³/mol. The number of carbonyl (C=O) groups excluding carboxylic acids is 1. The van der Waals surface area contributed by atoms with Gasteiger partial charge in [0.25, 0.3) is 0 Å². The van der Waals surface area contributed by atoms with Crippen molar-refractivity contribution in [3.8, 4) is 0 Å². The van der Waals surface area contributed by atoms with Crippen LogP contribution in [0.25, 0.3) is 10.9 Å². The number of aromatic nitrogens is 1. The van der Waals surface area contributed by atoms with Crippen molar-refractivity contribution in [3.05, 3.63) is 69.4 Å². The maximum absolute atomic E-state index is 10.9. The SMILES string of the molecule is O=Cc1ccc2ccn(Cc3ccc(I)cc3)c2c1. The lowest BCUT2D eigenvalue weighted by atomic mass is 10.2. The standard InChI is InChI=1S/C16H12INO/c17-15-5-2-12(3-6-15)10-18-8-7-14-4-1-13(11-19)9-16(14)18/h1-9,11H,10H2. The summed E-state index contributed by atoms with van der Waals surface area (Å²) in [5.74, 6) is 0. The minimum atomic E-state index is 0.718. The van der Waals surface area contributed by atoms with E-state index in [1.54, 1.807) is 0 Å². The second-order valence-electron chi connectivity index (χ2n) is 4.51. The molecule has 1 aromatic heterocycles. The van der Waals surface area contributed by atoms with Crippen LogP contribution in [0, 0.1) is 3.57 Å². The topological polar surface area (TPSA) is 22.0 Å². The van der Waals surface area contributed by atoms with Crippen molar-refractivity contribution in [2.45, 2.75) is 6.54 Å². The Morgan fingerprint density at radius 3 is 2.58 bits per heavy atom. The molecule has 19 heavy (non-hydrogen) atoms. The molecular weight excluding hydrogens is 349 g/mol. The van der Waals surface area contributed by atoms with Crippen molar-refractivity contribution in [1.29, 1.82) is 0 Å². The van der Waals surface area contributed by atoms with Crippen LogP contribution in [-0.2, 0) is 6.54 Å². The van der Waals surface area contributed by atoms with Crippen molar-refractivity contribution >= 4 is 39.8 Å². The molecule has 0 amide bonds. The maximum atomic E-state index is 10.9. The molecule has 0 spiro atoms. The number of fused-ring (bicyclic) bond motifs is 1. The molecule has 0 aliphatic rings. The van der Waals surface area contributed by atoms with E-state index in [0.717, 1.165) is 29.3 Å². The molecule has 0 aliphatic carbocycles. The molecule has 94 valence electrons. The molecule has 0 atom stereocenters. The Labute approximate surface area is 125 Å². The van der Waals surface area contributed by atoms with Gasteiger partial charge in [-0.2, -0.15) is 0 Å². The number of rotatable bonds is 3. The van der Waals surface area contributed by atoms with Gasteiger partial charge in [-0.05, 0) is 57.8 Å². The Morgan fingerprint density at radius 1 is 1.05 bits per heavy atom. The van der Waals surface area contributed by atoms with Gasteiger partial charge in [-0.3, -0.25) is 4.79 Å². The van der Waals surface area contributed by atoms with Crippen LogP contribution >= 0.6 is 22.6 Å². The Kier molecular flexibility index (Phi) is 3.38. The quantitative estimate of drug-likeness (QED) is 0.509. The third-order valence-corrected chi connectivity index (χ3v) is 3.92. The highest BCUT2D eigenvalue weighted by atomic mass is 127. The zero-order chi connectivity index (χ0) is 13.2. The van der Waals surface area contributed by atoms with E-state index in [-0.39, 0.29) is 0 Å². The van der Waals surface area contributed by atoms with E-state index in [0.29, 0.717) is 0 Å². The molecule has 3 heteroatoms. The summed E-state index contributed by atoms with van der Waals surface area (Å²) in [4.78, 5) is 10.9. The molecule has 1 heterocycles. The first-order valence-corrected chi connectivity index (χ1v) is 7.13. The van der Waals surface area contributed by atoms with Crippen LogP contribution < -0.4 is 0 Å². The van der Waals surface area contributed by atoms with Gasteiger partial charge in [0.1, 0.15) is 6.29 Å². The van der Waals surface area contributed by atoms with E-state index >= 15 is 0 Å². The third-order valence-electron chi connectivity index (χ3n) is 3.20. The summed E-state index contributed by atoms with van der Waals surface area (Å²) in [5, 5.41) is 1.16. The highest BCUT2D eigenvalue weighted by Crippen LogP contribution is 2.19. The average molecular weight is 361 g/mol. The van der Waals surface area contributed by atoms with E-state index < -0.39 is 0 Å².